The average molecular weight is 155 g/mol. The highest BCUT2D eigenvalue weighted by Crippen LogP contribution is 2.24. The third-order valence-corrected chi connectivity index (χ3v) is 2.00. The van der Waals surface area contributed by atoms with Gasteiger partial charge in [-0.2, -0.15) is 0 Å². The van der Waals surface area contributed by atoms with E-state index in [1.807, 2.05) is 12.3 Å². The van der Waals surface area contributed by atoms with Crippen molar-refractivity contribution < 1.29 is 0 Å². The number of nitrogens with zero attached hydrogens (tertiary/aromatic N) is 1. The number of rotatable bonds is 1. The van der Waals surface area contributed by atoms with Gasteiger partial charge < -0.3 is 11.5 Å². The molecule has 1 aromatic heterocycles. The SMILES string of the molecule is CSc1ccnc(N)c1N. The second-order valence-corrected chi connectivity index (χ2v) is 2.66. The van der Waals surface area contributed by atoms with E-state index in [0.29, 0.717) is 11.5 Å². The molecule has 0 aliphatic heterocycles. The first-order chi connectivity index (χ1) is 4.75. The highest BCUT2D eigenvalue weighted by atomic mass is 32.2. The van der Waals surface area contributed by atoms with Crippen molar-refractivity contribution in [1.82, 2.24) is 4.98 Å². The number of anilines is 2. The molecule has 0 amide bonds. The maximum absolute atomic E-state index is 5.58. The van der Waals surface area contributed by atoms with Crippen LogP contribution in [-0.4, -0.2) is 11.2 Å². The molecule has 0 saturated heterocycles. The first-order valence-corrected chi connectivity index (χ1v) is 4.02. The molecule has 0 aromatic carbocycles. The first kappa shape index (κ1) is 7.21. The minimum Gasteiger partial charge on any atom is -0.395 e. The van der Waals surface area contributed by atoms with E-state index < -0.39 is 0 Å². The first-order valence-electron chi connectivity index (χ1n) is 2.79. The highest BCUT2D eigenvalue weighted by Gasteiger charge is 1.99. The van der Waals surface area contributed by atoms with E-state index in [9.17, 15) is 0 Å². The largest absolute Gasteiger partial charge is 0.395 e. The zero-order chi connectivity index (χ0) is 7.56. The summed E-state index contributed by atoms with van der Waals surface area (Å²) in [5.74, 6) is 0.409. The molecule has 0 fully saturated rings. The van der Waals surface area contributed by atoms with E-state index in [1.165, 1.54) is 0 Å². The molecular formula is C6H9N3S. The Bertz CT molecular complexity index is 236. The lowest BCUT2D eigenvalue weighted by molar-refractivity contribution is 1.28. The molecule has 0 bridgehead atoms. The Labute approximate surface area is 63.8 Å². The Balaban J connectivity index is 3.14. The van der Waals surface area contributed by atoms with E-state index in [-0.39, 0.29) is 0 Å². The Morgan fingerprint density at radius 1 is 1.50 bits per heavy atom. The number of hydrogen-bond donors (Lipinski definition) is 2. The lowest BCUT2D eigenvalue weighted by atomic mass is 10.4. The summed E-state index contributed by atoms with van der Waals surface area (Å²) in [5, 5.41) is 0. The Morgan fingerprint density at radius 3 is 2.70 bits per heavy atom. The van der Waals surface area contributed by atoms with Crippen LogP contribution in [0.2, 0.25) is 0 Å². The second kappa shape index (κ2) is 2.79. The monoisotopic (exact) mass is 155 g/mol. The van der Waals surface area contributed by atoms with E-state index in [4.69, 9.17) is 11.5 Å². The van der Waals surface area contributed by atoms with Crippen molar-refractivity contribution in [2.45, 2.75) is 4.90 Å². The third-order valence-electron chi connectivity index (χ3n) is 1.20. The van der Waals surface area contributed by atoms with Crippen molar-refractivity contribution in [3.8, 4) is 0 Å². The minimum absolute atomic E-state index is 0.409. The molecule has 4 heteroatoms. The molecule has 54 valence electrons. The van der Waals surface area contributed by atoms with Crippen LogP contribution in [0.25, 0.3) is 0 Å². The van der Waals surface area contributed by atoms with Crippen molar-refractivity contribution in [3.63, 3.8) is 0 Å². The fourth-order valence-corrected chi connectivity index (χ4v) is 1.17. The molecule has 0 aliphatic carbocycles. The summed E-state index contributed by atoms with van der Waals surface area (Å²) in [6.07, 6.45) is 3.60. The molecule has 0 radical (unpaired) electrons. The van der Waals surface area contributed by atoms with Crippen LogP contribution in [0.4, 0.5) is 11.5 Å². The van der Waals surface area contributed by atoms with E-state index >= 15 is 0 Å². The topological polar surface area (TPSA) is 64.9 Å². The fourth-order valence-electron chi connectivity index (χ4n) is 0.649. The van der Waals surface area contributed by atoms with E-state index in [1.54, 1.807) is 18.0 Å². The average Bonchev–Trinajstić information content (AvgIpc) is 1.95. The Hall–Kier alpha value is -0.900. The van der Waals surface area contributed by atoms with Crippen molar-refractivity contribution in [2.75, 3.05) is 17.7 Å². The maximum Gasteiger partial charge on any atom is 0.147 e. The molecule has 3 nitrogen and oxygen atoms in total. The zero-order valence-corrected chi connectivity index (χ0v) is 6.48. The van der Waals surface area contributed by atoms with Gasteiger partial charge in [0.15, 0.2) is 0 Å². The molecule has 1 aromatic rings. The summed E-state index contributed by atoms with van der Waals surface area (Å²) in [5.41, 5.74) is 11.6. The molecule has 0 saturated carbocycles. The number of pyridine rings is 1. The summed E-state index contributed by atoms with van der Waals surface area (Å²) in [6.45, 7) is 0. The van der Waals surface area contributed by atoms with Gasteiger partial charge in [-0.15, -0.1) is 11.8 Å². The van der Waals surface area contributed by atoms with Crippen molar-refractivity contribution >= 4 is 23.3 Å². The summed E-state index contributed by atoms with van der Waals surface area (Å²) >= 11 is 1.56. The summed E-state index contributed by atoms with van der Waals surface area (Å²) in [7, 11) is 0. The van der Waals surface area contributed by atoms with Crippen LogP contribution in [0.15, 0.2) is 17.2 Å². The number of nitrogen functional groups attached to an aromatic ring is 2. The maximum atomic E-state index is 5.58. The highest BCUT2D eigenvalue weighted by molar-refractivity contribution is 7.98. The van der Waals surface area contributed by atoms with Crippen LogP contribution in [0.5, 0.6) is 0 Å². The standard InChI is InChI=1S/C6H9N3S/c1-10-4-2-3-9-6(8)5(4)7/h2-3H,7H2,1H3,(H2,8,9). The van der Waals surface area contributed by atoms with Gasteiger partial charge in [-0.05, 0) is 12.3 Å². The van der Waals surface area contributed by atoms with E-state index in [0.717, 1.165) is 4.90 Å². The van der Waals surface area contributed by atoms with Gasteiger partial charge in [0.2, 0.25) is 0 Å². The molecule has 0 aliphatic rings. The number of aromatic nitrogens is 1. The van der Waals surface area contributed by atoms with Gasteiger partial charge >= 0.3 is 0 Å². The van der Waals surface area contributed by atoms with Crippen LogP contribution >= 0.6 is 11.8 Å². The summed E-state index contributed by atoms with van der Waals surface area (Å²) < 4.78 is 0. The Morgan fingerprint density at radius 2 is 2.20 bits per heavy atom. The third kappa shape index (κ3) is 1.16. The Kier molecular flexibility index (Phi) is 2.01. The van der Waals surface area contributed by atoms with Gasteiger partial charge in [0.05, 0.1) is 5.69 Å². The second-order valence-electron chi connectivity index (χ2n) is 1.81. The number of thioether (sulfide) groups is 1. The molecule has 0 unspecified atom stereocenters. The normalized spacial score (nSPS) is 9.70. The predicted molar refractivity (Wildman–Crippen MR) is 44.8 cm³/mol. The molecule has 4 N–H and O–H groups in total. The van der Waals surface area contributed by atoms with Crippen LogP contribution in [0.3, 0.4) is 0 Å². The minimum atomic E-state index is 0.409. The van der Waals surface area contributed by atoms with Gasteiger partial charge in [0, 0.05) is 11.1 Å². The van der Waals surface area contributed by atoms with Gasteiger partial charge in [-0.25, -0.2) is 4.98 Å². The zero-order valence-electron chi connectivity index (χ0n) is 5.66. The van der Waals surface area contributed by atoms with Crippen molar-refractivity contribution in [1.29, 1.82) is 0 Å². The quantitative estimate of drug-likeness (QED) is 0.593. The smallest absolute Gasteiger partial charge is 0.147 e. The van der Waals surface area contributed by atoms with Crippen molar-refractivity contribution in [2.24, 2.45) is 0 Å². The number of nitrogens with two attached hydrogens (primary N) is 2. The molecule has 1 heterocycles. The molecular weight excluding hydrogens is 146 g/mol. The fraction of sp³-hybridized carbons (Fsp3) is 0.167. The molecule has 0 atom stereocenters. The molecule has 1 rings (SSSR count). The predicted octanol–water partition coefficient (Wildman–Crippen LogP) is 0.968. The molecule has 10 heavy (non-hydrogen) atoms. The van der Waals surface area contributed by atoms with Crippen LogP contribution in [0.1, 0.15) is 0 Å². The summed E-state index contributed by atoms with van der Waals surface area (Å²) in [4.78, 5) is 4.81. The van der Waals surface area contributed by atoms with Gasteiger partial charge in [-0.1, -0.05) is 0 Å². The lowest BCUT2D eigenvalue weighted by Crippen LogP contribution is -1.98. The molecule has 0 spiro atoms. The van der Waals surface area contributed by atoms with Gasteiger partial charge in [0.1, 0.15) is 5.82 Å². The lowest BCUT2D eigenvalue weighted by Gasteiger charge is -2.02. The van der Waals surface area contributed by atoms with Crippen LogP contribution < -0.4 is 11.5 Å². The van der Waals surface area contributed by atoms with Crippen LogP contribution in [-0.2, 0) is 0 Å². The van der Waals surface area contributed by atoms with Crippen molar-refractivity contribution in [3.05, 3.63) is 12.3 Å². The van der Waals surface area contributed by atoms with Gasteiger partial charge in [0.25, 0.3) is 0 Å². The number of hydrogen-bond acceptors (Lipinski definition) is 4. The van der Waals surface area contributed by atoms with E-state index in [2.05, 4.69) is 4.98 Å². The van der Waals surface area contributed by atoms with Gasteiger partial charge in [-0.3, -0.25) is 0 Å². The van der Waals surface area contributed by atoms with Crippen LogP contribution in [0, 0.1) is 0 Å². The summed E-state index contributed by atoms with van der Waals surface area (Å²) in [6, 6.07) is 1.84.